The fourth-order valence-corrected chi connectivity index (χ4v) is 1.43. The van der Waals surface area contributed by atoms with E-state index in [4.69, 9.17) is 5.84 Å². The minimum atomic E-state index is -0.967. The molecule has 100 valence electrons. The van der Waals surface area contributed by atoms with Crippen LogP contribution in [0.5, 0.6) is 0 Å². The number of hydrogen-bond donors (Lipinski definition) is 3. The molecule has 0 radical (unpaired) electrons. The van der Waals surface area contributed by atoms with E-state index in [1.54, 1.807) is 7.05 Å². The van der Waals surface area contributed by atoms with Crippen LogP contribution in [0.4, 0.5) is 20.4 Å². The van der Waals surface area contributed by atoms with Gasteiger partial charge in [-0.25, -0.2) is 13.5 Å². The Morgan fingerprint density at radius 3 is 2.47 bits per heavy atom. The average Bonchev–Trinajstić information content (AvgIpc) is 2.74. The minimum absolute atomic E-state index is 0.159. The fraction of sp³-hybridized carbons (Fsp3) is 0.100. The van der Waals surface area contributed by atoms with Crippen LogP contribution < -0.4 is 16.6 Å². The van der Waals surface area contributed by atoms with Crippen LogP contribution in [0, 0.1) is 11.6 Å². The molecule has 1 heterocycles. The van der Waals surface area contributed by atoms with E-state index in [0.717, 1.165) is 12.1 Å². The Labute approximate surface area is 106 Å². The molecule has 2 rings (SSSR count). The van der Waals surface area contributed by atoms with Crippen LogP contribution in [0.3, 0.4) is 0 Å². The molecule has 0 atom stereocenters. The zero-order chi connectivity index (χ0) is 14.0. The van der Waals surface area contributed by atoms with E-state index in [-0.39, 0.29) is 11.5 Å². The number of carbonyl (C=O) groups excluding carboxylic acids is 1. The lowest BCUT2D eigenvalue weighted by Crippen LogP contribution is -2.17. The lowest BCUT2D eigenvalue weighted by atomic mass is 10.1. The topological polar surface area (TPSA) is 97.9 Å². The summed E-state index contributed by atoms with van der Waals surface area (Å²) in [5.41, 5.74) is 1.17. The number of hydrazine groups is 1. The summed E-state index contributed by atoms with van der Waals surface area (Å²) in [4.78, 5) is 15.6. The molecule has 2 aromatic rings. The Morgan fingerprint density at radius 2 is 2.00 bits per heavy atom. The number of nitrogen functional groups attached to an aromatic ring is 1. The lowest BCUT2D eigenvalue weighted by Gasteiger charge is -2.07. The number of aryl methyl sites for hydroxylation is 1. The summed E-state index contributed by atoms with van der Waals surface area (Å²) in [6.07, 6.45) is 1.23. The fourth-order valence-electron chi connectivity index (χ4n) is 1.43. The molecular formula is C10H10F2N6O. The molecule has 0 aliphatic rings. The van der Waals surface area contributed by atoms with E-state index in [9.17, 15) is 13.6 Å². The van der Waals surface area contributed by atoms with Crippen molar-refractivity contribution >= 4 is 17.5 Å². The Balaban J connectivity index is 2.27. The van der Waals surface area contributed by atoms with Crippen molar-refractivity contribution in [1.82, 2.24) is 14.8 Å². The number of amides is 1. The van der Waals surface area contributed by atoms with Gasteiger partial charge in [-0.3, -0.25) is 16.0 Å². The SMILES string of the molecule is Cn1ncnc1NC(=O)c1cc(F)c(NN)c(F)c1. The number of nitrogens with zero attached hydrogens (tertiary/aromatic N) is 3. The van der Waals surface area contributed by atoms with Crippen molar-refractivity contribution < 1.29 is 13.6 Å². The number of aromatic nitrogens is 3. The van der Waals surface area contributed by atoms with Gasteiger partial charge in [0.25, 0.3) is 5.91 Å². The second-order valence-electron chi connectivity index (χ2n) is 3.62. The number of benzene rings is 1. The van der Waals surface area contributed by atoms with Gasteiger partial charge in [0.15, 0.2) is 11.6 Å². The highest BCUT2D eigenvalue weighted by molar-refractivity contribution is 6.03. The molecule has 0 saturated carbocycles. The second kappa shape index (κ2) is 4.98. The molecular weight excluding hydrogens is 258 g/mol. The van der Waals surface area contributed by atoms with E-state index < -0.39 is 23.2 Å². The van der Waals surface area contributed by atoms with E-state index in [1.165, 1.54) is 11.0 Å². The first-order valence-corrected chi connectivity index (χ1v) is 5.14. The summed E-state index contributed by atoms with van der Waals surface area (Å²) in [6.45, 7) is 0. The quantitative estimate of drug-likeness (QED) is 0.560. The van der Waals surface area contributed by atoms with Gasteiger partial charge in [0.2, 0.25) is 5.95 Å². The van der Waals surface area contributed by atoms with Crippen molar-refractivity contribution in [3.63, 3.8) is 0 Å². The summed E-state index contributed by atoms with van der Waals surface area (Å²) >= 11 is 0. The van der Waals surface area contributed by atoms with Crippen LogP contribution in [0.1, 0.15) is 10.4 Å². The molecule has 0 aliphatic heterocycles. The largest absolute Gasteiger partial charge is 0.319 e. The number of halogens is 2. The Bertz CT molecular complexity index is 603. The van der Waals surface area contributed by atoms with E-state index >= 15 is 0 Å². The predicted molar refractivity (Wildman–Crippen MR) is 63.1 cm³/mol. The lowest BCUT2D eigenvalue weighted by molar-refractivity contribution is 0.102. The highest BCUT2D eigenvalue weighted by atomic mass is 19.1. The number of anilines is 2. The molecule has 4 N–H and O–H groups in total. The molecule has 0 spiro atoms. The molecule has 1 aromatic carbocycles. The van der Waals surface area contributed by atoms with E-state index in [1.807, 2.05) is 5.43 Å². The first-order valence-electron chi connectivity index (χ1n) is 5.14. The zero-order valence-electron chi connectivity index (χ0n) is 9.82. The van der Waals surface area contributed by atoms with Gasteiger partial charge in [0.1, 0.15) is 12.0 Å². The molecule has 7 nitrogen and oxygen atoms in total. The van der Waals surface area contributed by atoms with Crippen LogP contribution in [0.2, 0.25) is 0 Å². The first-order chi connectivity index (χ1) is 9.02. The summed E-state index contributed by atoms with van der Waals surface area (Å²) in [6, 6.07) is 1.73. The molecule has 1 aromatic heterocycles. The van der Waals surface area contributed by atoms with Crippen molar-refractivity contribution in [2.45, 2.75) is 0 Å². The highest BCUT2D eigenvalue weighted by Crippen LogP contribution is 2.20. The van der Waals surface area contributed by atoms with Crippen molar-refractivity contribution in [2.24, 2.45) is 12.9 Å². The van der Waals surface area contributed by atoms with Crippen molar-refractivity contribution in [3.05, 3.63) is 35.7 Å². The first kappa shape index (κ1) is 12.9. The van der Waals surface area contributed by atoms with Crippen LogP contribution in [-0.2, 0) is 7.05 Å². The third kappa shape index (κ3) is 2.50. The maximum absolute atomic E-state index is 13.4. The van der Waals surface area contributed by atoms with E-state index in [0.29, 0.717) is 0 Å². The van der Waals surface area contributed by atoms with Crippen LogP contribution in [0.15, 0.2) is 18.5 Å². The number of carbonyl (C=O) groups is 1. The maximum atomic E-state index is 13.4. The van der Waals surface area contributed by atoms with Crippen LogP contribution in [-0.4, -0.2) is 20.7 Å². The summed E-state index contributed by atoms with van der Waals surface area (Å²) in [7, 11) is 1.56. The zero-order valence-corrected chi connectivity index (χ0v) is 9.82. The summed E-state index contributed by atoms with van der Waals surface area (Å²) in [5.74, 6) is 2.47. The van der Waals surface area contributed by atoms with Crippen molar-refractivity contribution in [3.8, 4) is 0 Å². The molecule has 0 fully saturated rings. The molecule has 0 unspecified atom stereocenters. The van der Waals surface area contributed by atoms with Gasteiger partial charge in [0.05, 0.1) is 0 Å². The van der Waals surface area contributed by atoms with Gasteiger partial charge < -0.3 is 5.43 Å². The van der Waals surface area contributed by atoms with E-state index in [2.05, 4.69) is 15.4 Å². The molecule has 0 aliphatic carbocycles. The van der Waals surface area contributed by atoms with Gasteiger partial charge >= 0.3 is 0 Å². The van der Waals surface area contributed by atoms with Crippen molar-refractivity contribution in [2.75, 3.05) is 10.7 Å². The minimum Gasteiger partial charge on any atom is -0.319 e. The maximum Gasteiger partial charge on any atom is 0.258 e. The number of nitrogens with one attached hydrogen (secondary N) is 2. The third-order valence-electron chi connectivity index (χ3n) is 2.39. The Kier molecular flexibility index (Phi) is 3.38. The normalized spacial score (nSPS) is 10.3. The molecule has 0 bridgehead atoms. The van der Waals surface area contributed by atoms with Crippen LogP contribution >= 0.6 is 0 Å². The standard InChI is InChI=1S/C10H10F2N6O/c1-18-10(14-4-15-18)16-9(19)5-2-6(11)8(17-13)7(12)3-5/h2-4,17H,13H2,1H3,(H,14,15,16,19). The van der Waals surface area contributed by atoms with Crippen LogP contribution in [0.25, 0.3) is 0 Å². The Hall–Kier alpha value is -2.55. The molecule has 19 heavy (non-hydrogen) atoms. The monoisotopic (exact) mass is 268 g/mol. The van der Waals surface area contributed by atoms with Gasteiger partial charge in [-0.1, -0.05) is 0 Å². The van der Waals surface area contributed by atoms with Gasteiger partial charge in [-0.05, 0) is 12.1 Å². The second-order valence-corrected chi connectivity index (χ2v) is 3.62. The summed E-state index contributed by atoms with van der Waals surface area (Å²) < 4.78 is 28.2. The van der Waals surface area contributed by atoms with Gasteiger partial charge in [0, 0.05) is 12.6 Å². The third-order valence-corrected chi connectivity index (χ3v) is 2.39. The molecule has 1 amide bonds. The number of hydrogen-bond acceptors (Lipinski definition) is 5. The highest BCUT2D eigenvalue weighted by Gasteiger charge is 2.15. The predicted octanol–water partition coefficient (Wildman–Crippen LogP) is 0.631. The van der Waals surface area contributed by atoms with Crippen molar-refractivity contribution in [1.29, 1.82) is 0 Å². The smallest absolute Gasteiger partial charge is 0.258 e. The number of rotatable bonds is 3. The Morgan fingerprint density at radius 1 is 1.37 bits per heavy atom. The van der Waals surface area contributed by atoms with Gasteiger partial charge in [-0.15, -0.1) is 0 Å². The number of nitrogens with two attached hydrogens (primary N) is 1. The summed E-state index contributed by atoms with van der Waals surface area (Å²) in [5, 5.41) is 6.11. The molecule has 9 heteroatoms. The average molecular weight is 268 g/mol. The molecule has 0 saturated heterocycles. The van der Waals surface area contributed by atoms with Gasteiger partial charge in [-0.2, -0.15) is 10.1 Å².